The number of sulfonamides is 1. The monoisotopic (exact) mass is 382 g/mol. The molecule has 1 aromatic carbocycles. The molecule has 1 aromatic rings. The van der Waals surface area contributed by atoms with Crippen LogP contribution in [0.3, 0.4) is 0 Å². The predicted molar refractivity (Wildman–Crippen MR) is 90.8 cm³/mol. The van der Waals surface area contributed by atoms with Crippen molar-refractivity contribution in [3.63, 3.8) is 0 Å². The van der Waals surface area contributed by atoms with E-state index in [1.807, 2.05) is 6.92 Å². The molecule has 2 unspecified atom stereocenters. The third-order valence-electron chi connectivity index (χ3n) is 3.78. The van der Waals surface area contributed by atoms with Gasteiger partial charge in [-0.1, -0.05) is 18.5 Å². The van der Waals surface area contributed by atoms with E-state index in [9.17, 15) is 13.2 Å². The van der Waals surface area contributed by atoms with E-state index >= 15 is 0 Å². The number of esters is 1. The topological polar surface area (TPSA) is 84.5 Å². The lowest BCUT2D eigenvalue weighted by molar-refractivity contribution is 0.0600. The Morgan fingerprint density at radius 3 is 2.70 bits per heavy atom. The van der Waals surface area contributed by atoms with Crippen molar-refractivity contribution in [3.05, 3.63) is 28.8 Å². The average Bonchev–Trinajstić information content (AvgIpc) is 2.48. The second kappa shape index (κ2) is 8.30. The van der Waals surface area contributed by atoms with Crippen molar-refractivity contribution in [1.29, 1.82) is 0 Å². The fourth-order valence-electron chi connectivity index (χ4n) is 2.37. The lowest BCUT2D eigenvalue weighted by Gasteiger charge is -2.30. The highest BCUT2D eigenvalue weighted by Crippen LogP contribution is 2.24. The molecule has 1 aliphatic rings. The second-order valence-electron chi connectivity index (χ2n) is 5.33. The Bertz CT molecular complexity index is 667. The summed E-state index contributed by atoms with van der Waals surface area (Å²) >= 11 is 6.03. The largest absolute Gasteiger partial charge is 0.465 e. The molecule has 0 aliphatic carbocycles. The summed E-state index contributed by atoms with van der Waals surface area (Å²) in [5, 5.41) is 3.16. The van der Waals surface area contributed by atoms with E-state index in [4.69, 9.17) is 11.6 Å². The van der Waals surface area contributed by atoms with Gasteiger partial charge in [0.1, 0.15) is 4.90 Å². The minimum Gasteiger partial charge on any atom is -0.465 e. The first-order valence-electron chi connectivity index (χ1n) is 6.96. The standard InChI is InChI=1S/C14H19ClN2O4S.ClH/c1-9-5-6-16-8-12(9)17-22(19,20)13-4-3-10(7-11(13)15)14(18)21-2;/h3-4,7,9,12,16-17H,5-6,8H2,1-2H3;1H. The molecule has 2 atom stereocenters. The number of piperidine rings is 1. The van der Waals surface area contributed by atoms with Crippen molar-refractivity contribution in [2.24, 2.45) is 5.92 Å². The first kappa shape index (κ1) is 20.2. The molecule has 23 heavy (non-hydrogen) atoms. The molecule has 1 aliphatic heterocycles. The van der Waals surface area contributed by atoms with Crippen LogP contribution in [0.5, 0.6) is 0 Å². The highest BCUT2D eigenvalue weighted by Gasteiger charge is 2.28. The third-order valence-corrected chi connectivity index (χ3v) is 5.75. The molecule has 0 radical (unpaired) electrons. The molecule has 9 heteroatoms. The van der Waals surface area contributed by atoms with Crippen molar-refractivity contribution >= 4 is 40.0 Å². The van der Waals surface area contributed by atoms with Gasteiger partial charge >= 0.3 is 5.97 Å². The smallest absolute Gasteiger partial charge is 0.337 e. The van der Waals surface area contributed by atoms with Gasteiger partial charge in [0, 0.05) is 12.6 Å². The van der Waals surface area contributed by atoms with Crippen LogP contribution in [-0.4, -0.2) is 40.6 Å². The molecule has 0 bridgehead atoms. The van der Waals surface area contributed by atoms with Crippen molar-refractivity contribution in [1.82, 2.24) is 10.0 Å². The summed E-state index contributed by atoms with van der Waals surface area (Å²) in [5.41, 5.74) is 0.208. The van der Waals surface area contributed by atoms with Gasteiger partial charge in [-0.05, 0) is 37.1 Å². The van der Waals surface area contributed by atoms with E-state index in [1.165, 1.54) is 25.3 Å². The number of nitrogens with one attached hydrogen (secondary N) is 2. The van der Waals surface area contributed by atoms with Gasteiger partial charge in [-0.15, -0.1) is 12.4 Å². The fraction of sp³-hybridized carbons (Fsp3) is 0.500. The Morgan fingerprint density at radius 1 is 1.43 bits per heavy atom. The van der Waals surface area contributed by atoms with Gasteiger partial charge in [0.05, 0.1) is 17.7 Å². The van der Waals surface area contributed by atoms with Crippen LogP contribution in [-0.2, 0) is 14.8 Å². The van der Waals surface area contributed by atoms with Crippen LogP contribution in [0, 0.1) is 5.92 Å². The van der Waals surface area contributed by atoms with Crippen molar-refractivity contribution in [2.45, 2.75) is 24.3 Å². The highest BCUT2D eigenvalue weighted by molar-refractivity contribution is 7.89. The number of halogens is 2. The van der Waals surface area contributed by atoms with Gasteiger partial charge in [-0.2, -0.15) is 0 Å². The number of benzene rings is 1. The molecular weight excluding hydrogens is 363 g/mol. The number of hydrogen-bond acceptors (Lipinski definition) is 5. The van der Waals surface area contributed by atoms with Crippen LogP contribution in [0.15, 0.2) is 23.1 Å². The van der Waals surface area contributed by atoms with E-state index in [0.717, 1.165) is 13.0 Å². The average molecular weight is 383 g/mol. The highest BCUT2D eigenvalue weighted by atomic mass is 35.5. The minimum atomic E-state index is -3.75. The van der Waals surface area contributed by atoms with Gasteiger partial charge in [-0.25, -0.2) is 17.9 Å². The summed E-state index contributed by atoms with van der Waals surface area (Å²) in [6.07, 6.45) is 0.905. The predicted octanol–water partition coefficient (Wildman–Crippen LogP) is 1.82. The Labute approximate surface area is 147 Å². The SMILES string of the molecule is COC(=O)c1ccc(S(=O)(=O)NC2CNCCC2C)c(Cl)c1.Cl. The first-order valence-corrected chi connectivity index (χ1v) is 8.82. The Balaban J connectivity index is 0.00000264. The molecule has 0 spiro atoms. The third kappa shape index (κ3) is 4.81. The zero-order chi connectivity index (χ0) is 16.3. The van der Waals surface area contributed by atoms with E-state index in [2.05, 4.69) is 14.8 Å². The molecule has 6 nitrogen and oxygen atoms in total. The summed E-state index contributed by atoms with van der Waals surface area (Å²) in [6, 6.07) is 3.81. The van der Waals surface area contributed by atoms with Crippen LogP contribution < -0.4 is 10.0 Å². The van der Waals surface area contributed by atoms with E-state index in [-0.39, 0.29) is 39.8 Å². The number of methoxy groups -OCH3 is 1. The first-order chi connectivity index (χ1) is 10.3. The van der Waals surface area contributed by atoms with Crippen LogP contribution in [0.25, 0.3) is 0 Å². The normalized spacial score (nSPS) is 21.3. The van der Waals surface area contributed by atoms with Crippen molar-refractivity contribution in [2.75, 3.05) is 20.2 Å². The number of rotatable bonds is 4. The number of hydrogen-bond donors (Lipinski definition) is 2. The summed E-state index contributed by atoms with van der Waals surface area (Å²) in [7, 11) is -2.50. The maximum atomic E-state index is 12.5. The molecule has 0 saturated carbocycles. The van der Waals surface area contributed by atoms with Crippen LogP contribution in [0.1, 0.15) is 23.7 Å². The Morgan fingerprint density at radius 2 is 2.13 bits per heavy atom. The van der Waals surface area contributed by atoms with Crippen LogP contribution in [0.2, 0.25) is 5.02 Å². The molecule has 0 aromatic heterocycles. The quantitative estimate of drug-likeness (QED) is 0.775. The summed E-state index contributed by atoms with van der Waals surface area (Å²) < 4.78 is 32.2. The molecule has 1 saturated heterocycles. The minimum absolute atomic E-state index is 0. The maximum Gasteiger partial charge on any atom is 0.337 e. The van der Waals surface area contributed by atoms with Gasteiger partial charge < -0.3 is 10.1 Å². The maximum absolute atomic E-state index is 12.5. The summed E-state index contributed by atoms with van der Waals surface area (Å²) in [6.45, 7) is 3.47. The van der Waals surface area contributed by atoms with E-state index in [0.29, 0.717) is 6.54 Å². The molecule has 130 valence electrons. The second-order valence-corrected chi connectivity index (χ2v) is 7.42. The molecule has 2 N–H and O–H groups in total. The molecule has 2 rings (SSSR count). The molecule has 1 fully saturated rings. The van der Waals surface area contributed by atoms with Crippen molar-refractivity contribution < 1.29 is 17.9 Å². The van der Waals surface area contributed by atoms with E-state index in [1.54, 1.807) is 0 Å². The lowest BCUT2D eigenvalue weighted by atomic mass is 9.96. The number of carbonyl (C=O) groups excluding carboxylic acids is 1. The van der Waals surface area contributed by atoms with E-state index < -0.39 is 16.0 Å². The summed E-state index contributed by atoms with van der Waals surface area (Å²) in [4.78, 5) is 11.4. The fourth-order valence-corrected chi connectivity index (χ4v) is 4.26. The van der Waals surface area contributed by atoms with Gasteiger partial charge in [0.15, 0.2) is 0 Å². The van der Waals surface area contributed by atoms with Gasteiger partial charge in [0.2, 0.25) is 10.0 Å². The van der Waals surface area contributed by atoms with Crippen LogP contribution in [0.4, 0.5) is 0 Å². The Kier molecular flexibility index (Phi) is 7.29. The summed E-state index contributed by atoms with van der Waals surface area (Å²) in [5.74, 6) is -0.326. The molecule has 0 amide bonds. The Hall–Kier alpha value is -0.860. The lowest BCUT2D eigenvalue weighted by Crippen LogP contribution is -2.50. The molecular formula is C14H20Cl2N2O4S. The number of ether oxygens (including phenoxy) is 1. The van der Waals surface area contributed by atoms with Gasteiger partial charge in [0.25, 0.3) is 0 Å². The zero-order valence-electron chi connectivity index (χ0n) is 12.8. The van der Waals surface area contributed by atoms with Gasteiger partial charge in [-0.3, -0.25) is 0 Å². The number of carbonyl (C=O) groups is 1. The zero-order valence-corrected chi connectivity index (χ0v) is 15.2. The molecule has 1 heterocycles. The van der Waals surface area contributed by atoms with Crippen LogP contribution >= 0.6 is 24.0 Å². The van der Waals surface area contributed by atoms with Crippen molar-refractivity contribution in [3.8, 4) is 0 Å².